The van der Waals surface area contributed by atoms with E-state index in [9.17, 15) is 10.1 Å². The molecule has 1 saturated heterocycles. The molecule has 2 aromatic rings. The second-order valence-electron chi connectivity index (χ2n) is 7.13. The molecule has 1 aromatic carbocycles. The molecule has 3 rings (SSSR count). The molecule has 1 unspecified atom stereocenters. The highest BCUT2D eigenvalue weighted by Crippen LogP contribution is 2.36. The van der Waals surface area contributed by atoms with Crippen molar-refractivity contribution in [1.29, 1.82) is 0 Å². The molecule has 1 aromatic heterocycles. The molecule has 0 amide bonds. The molecule has 1 aliphatic rings. The number of nitro groups is 1. The summed E-state index contributed by atoms with van der Waals surface area (Å²) in [6, 6.07) is 11.2. The van der Waals surface area contributed by atoms with Crippen LogP contribution in [0.3, 0.4) is 0 Å². The fourth-order valence-corrected chi connectivity index (χ4v) is 4.37. The standard InChI is InChI=1S/C18H23N3O2S.ClH/c1-18(2)12-20(10-9-17(18)19)11-13-7-8-16(24-13)14-5-3-4-6-15(14)21(22)23;/h3-8,17H,9-12,19H2,1-2H3;1H. The summed E-state index contributed by atoms with van der Waals surface area (Å²) in [6.07, 6.45) is 1.01. The molecule has 0 saturated carbocycles. The Morgan fingerprint density at radius 2 is 2.04 bits per heavy atom. The summed E-state index contributed by atoms with van der Waals surface area (Å²) < 4.78 is 0. The largest absolute Gasteiger partial charge is 0.327 e. The van der Waals surface area contributed by atoms with Gasteiger partial charge in [0, 0.05) is 41.5 Å². The molecule has 2 heterocycles. The second kappa shape index (κ2) is 7.83. The number of halogens is 1. The summed E-state index contributed by atoms with van der Waals surface area (Å²) in [4.78, 5) is 15.5. The molecule has 1 aliphatic heterocycles. The second-order valence-corrected chi connectivity index (χ2v) is 8.30. The Balaban J connectivity index is 0.00000225. The molecule has 136 valence electrons. The Kier molecular flexibility index (Phi) is 6.21. The van der Waals surface area contributed by atoms with Crippen LogP contribution in [0.5, 0.6) is 0 Å². The van der Waals surface area contributed by atoms with E-state index in [-0.39, 0.29) is 34.5 Å². The maximum absolute atomic E-state index is 11.2. The zero-order chi connectivity index (χ0) is 17.3. The third kappa shape index (κ3) is 4.39. The fraction of sp³-hybridized carbons (Fsp3) is 0.444. The molecule has 0 radical (unpaired) electrons. The average molecular weight is 382 g/mol. The van der Waals surface area contributed by atoms with Crippen molar-refractivity contribution in [3.05, 3.63) is 51.4 Å². The van der Waals surface area contributed by atoms with E-state index >= 15 is 0 Å². The first-order valence-electron chi connectivity index (χ1n) is 8.17. The summed E-state index contributed by atoms with van der Waals surface area (Å²) in [7, 11) is 0. The van der Waals surface area contributed by atoms with Crippen LogP contribution in [0.25, 0.3) is 10.4 Å². The Morgan fingerprint density at radius 3 is 2.72 bits per heavy atom. The molecule has 1 atom stereocenters. The number of benzene rings is 1. The van der Waals surface area contributed by atoms with Crippen LogP contribution < -0.4 is 5.73 Å². The van der Waals surface area contributed by atoms with Gasteiger partial charge < -0.3 is 5.73 Å². The van der Waals surface area contributed by atoms with Gasteiger partial charge in [-0.1, -0.05) is 26.0 Å². The van der Waals surface area contributed by atoms with Gasteiger partial charge in [0.15, 0.2) is 0 Å². The number of para-hydroxylation sites is 1. The minimum absolute atomic E-state index is 0. The number of piperidine rings is 1. The van der Waals surface area contributed by atoms with Gasteiger partial charge >= 0.3 is 0 Å². The van der Waals surface area contributed by atoms with Crippen LogP contribution in [0.4, 0.5) is 5.69 Å². The fourth-order valence-electron chi connectivity index (χ4n) is 3.29. The topological polar surface area (TPSA) is 72.4 Å². The lowest BCUT2D eigenvalue weighted by Crippen LogP contribution is -2.51. The Bertz CT molecular complexity index is 747. The Hall–Kier alpha value is -1.47. The third-order valence-corrected chi connectivity index (χ3v) is 5.90. The van der Waals surface area contributed by atoms with Crippen molar-refractivity contribution in [2.75, 3.05) is 13.1 Å². The number of rotatable bonds is 4. The quantitative estimate of drug-likeness (QED) is 0.632. The lowest BCUT2D eigenvalue weighted by Gasteiger charge is -2.42. The number of nitro benzene ring substituents is 1. The van der Waals surface area contributed by atoms with Crippen molar-refractivity contribution in [2.45, 2.75) is 32.9 Å². The number of hydrogen-bond donors (Lipinski definition) is 1. The summed E-state index contributed by atoms with van der Waals surface area (Å²) in [6.45, 7) is 7.30. The number of likely N-dealkylation sites (tertiary alicyclic amines) is 1. The first kappa shape index (κ1) is 19.8. The summed E-state index contributed by atoms with van der Waals surface area (Å²) in [5.74, 6) is 0. The summed E-state index contributed by atoms with van der Waals surface area (Å²) in [5.41, 5.74) is 7.18. The minimum atomic E-state index is -0.316. The van der Waals surface area contributed by atoms with Gasteiger partial charge in [0.25, 0.3) is 5.69 Å². The average Bonchev–Trinajstić information content (AvgIpc) is 2.99. The lowest BCUT2D eigenvalue weighted by molar-refractivity contribution is -0.384. The summed E-state index contributed by atoms with van der Waals surface area (Å²) in [5, 5.41) is 11.2. The third-order valence-electron chi connectivity index (χ3n) is 4.80. The molecule has 5 nitrogen and oxygen atoms in total. The normalized spacial score (nSPS) is 20.0. The molecule has 7 heteroatoms. The molecule has 0 aliphatic carbocycles. The van der Waals surface area contributed by atoms with Gasteiger partial charge in [0.2, 0.25) is 0 Å². The highest BCUT2D eigenvalue weighted by molar-refractivity contribution is 7.15. The van der Waals surface area contributed by atoms with Crippen LogP contribution in [0, 0.1) is 15.5 Å². The van der Waals surface area contributed by atoms with Gasteiger partial charge in [-0.25, -0.2) is 0 Å². The van der Waals surface area contributed by atoms with Crippen LogP contribution in [0.2, 0.25) is 0 Å². The Labute approximate surface area is 158 Å². The van der Waals surface area contributed by atoms with E-state index < -0.39 is 0 Å². The predicted octanol–water partition coefficient (Wildman–Crippen LogP) is 4.30. The molecule has 0 spiro atoms. The minimum Gasteiger partial charge on any atom is -0.327 e. The molecule has 25 heavy (non-hydrogen) atoms. The van der Waals surface area contributed by atoms with E-state index in [1.54, 1.807) is 23.5 Å². The van der Waals surface area contributed by atoms with Gasteiger partial charge in [-0.15, -0.1) is 23.7 Å². The monoisotopic (exact) mass is 381 g/mol. The van der Waals surface area contributed by atoms with Crippen LogP contribution in [-0.4, -0.2) is 29.0 Å². The van der Waals surface area contributed by atoms with Crippen LogP contribution in [0.15, 0.2) is 36.4 Å². The maximum atomic E-state index is 11.2. The molecular weight excluding hydrogens is 358 g/mol. The predicted molar refractivity (Wildman–Crippen MR) is 105 cm³/mol. The van der Waals surface area contributed by atoms with Gasteiger partial charge in [-0.2, -0.15) is 0 Å². The number of thiophene rings is 1. The van der Waals surface area contributed by atoms with E-state index in [4.69, 9.17) is 5.73 Å². The van der Waals surface area contributed by atoms with Crippen molar-refractivity contribution >= 4 is 29.4 Å². The van der Waals surface area contributed by atoms with Crippen molar-refractivity contribution in [2.24, 2.45) is 11.1 Å². The van der Waals surface area contributed by atoms with Gasteiger partial charge in [-0.05, 0) is 30.0 Å². The van der Waals surface area contributed by atoms with Crippen LogP contribution in [0.1, 0.15) is 25.1 Å². The zero-order valence-electron chi connectivity index (χ0n) is 14.5. The summed E-state index contributed by atoms with van der Waals surface area (Å²) >= 11 is 1.63. The molecule has 0 bridgehead atoms. The number of hydrogen-bond acceptors (Lipinski definition) is 5. The highest BCUT2D eigenvalue weighted by atomic mass is 35.5. The maximum Gasteiger partial charge on any atom is 0.278 e. The van der Waals surface area contributed by atoms with Crippen molar-refractivity contribution in [3.63, 3.8) is 0 Å². The van der Waals surface area contributed by atoms with Gasteiger partial charge in [0.1, 0.15) is 0 Å². The number of nitrogens with zero attached hydrogens (tertiary/aromatic N) is 2. The van der Waals surface area contributed by atoms with Crippen molar-refractivity contribution < 1.29 is 4.92 Å². The number of nitrogens with two attached hydrogens (primary N) is 1. The van der Waals surface area contributed by atoms with Crippen LogP contribution in [-0.2, 0) is 6.54 Å². The molecule has 2 N–H and O–H groups in total. The first-order valence-corrected chi connectivity index (χ1v) is 8.99. The zero-order valence-corrected chi connectivity index (χ0v) is 16.1. The van der Waals surface area contributed by atoms with E-state index in [0.717, 1.165) is 30.9 Å². The van der Waals surface area contributed by atoms with E-state index in [1.165, 1.54) is 4.88 Å². The van der Waals surface area contributed by atoms with Gasteiger partial charge in [0.05, 0.1) is 10.5 Å². The van der Waals surface area contributed by atoms with E-state index in [0.29, 0.717) is 5.56 Å². The lowest BCUT2D eigenvalue weighted by atomic mass is 9.80. The smallest absolute Gasteiger partial charge is 0.278 e. The van der Waals surface area contributed by atoms with Gasteiger partial charge in [-0.3, -0.25) is 15.0 Å². The molecule has 1 fully saturated rings. The highest BCUT2D eigenvalue weighted by Gasteiger charge is 2.33. The first-order chi connectivity index (χ1) is 11.4. The SMILES string of the molecule is CC1(C)CN(Cc2ccc(-c3ccccc3[N+](=O)[O-])s2)CCC1N.Cl. The van der Waals surface area contributed by atoms with E-state index in [1.807, 2.05) is 18.2 Å². The molecular formula is C18H24ClN3O2S. The Morgan fingerprint density at radius 1 is 1.32 bits per heavy atom. The van der Waals surface area contributed by atoms with Crippen molar-refractivity contribution in [1.82, 2.24) is 4.90 Å². The van der Waals surface area contributed by atoms with Crippen molar-refractivity contribution in [3.8, 4) is 10.4 Å². The van der Waals surface area contributed by atoms with E-state index in [2.05, 4.69) is 24.8 Å². The van der Waals surface area contributed by atoms with Crippen LogP contribution >= 0.6 is 23.7 Å².